The molecule has 0 radical (unpaired) electrons. The maximum absolute atomic E-state index is 11.2. The minimum atomic E-state index is -0.0934. The molecule has 0 spiro atoms. The van der Waals surface area contributed by atoms with Gasteiger partial charge in [0.1, 0.15) is 5.75 Å². The van der Waals surface area contributed by atoms with E-state index < -0.39 is 0 Å². The Morgan fingerprint density at radius 3 is 2.75 bits per heavy atom. The van der Waals surface area contributed by atoms with Gasteiger partial charge in [0.2, 0.25) is 0 Å². The second kappa shape index (κ2) is 4.03. The van der Waals surface area contributed by atoms with Gasteiger partial charge in [0.05, 0.1) is 12.7 Å². The summed E-state index contributed by atoms with van der Waals surface area (Å²) in [7, 11) is 4.57. The predicted molar refractivity (Wildman–Crippen MR) is 51.7 cm³/mol. The number of carbonyl (C=O) groups is 1. The highest BCUT2D eigenvalue weighted by atomic mass is 31.0. The molecule has 0 bridgehead atoms. The lowest BCUT2D eigenvalue weighted by Gasteiger charge is -2.03. The second-order valence-electron chi connectivity index (χ2n) is 2.21. The molecule has 0 fully saturated rings. The van der Waals surface area contributed by atoms with Crippen LogP contribution in [0.25, 0.3) is 0 Å². The molecule has 0 heterocycles. The Hall–Kier alpha value is -1.14. The van der Waals surface area contributed by atoms with Gasteiger partial charge in [0.15, 0.2) is 5.78 Å². The van der Waals surface area contributed by atoms with E-state index in [-0.39, 0.29) is 5.78 Å². The summed E-state index contributed by atoms with van der Waals surface area (Å²) in [4.78, 5) is 11.2. The Kier molecular flexibility index (Phi) is 3.01. The Labute approximate surface area is 73.4 Å². The number of methoxy groups -OCH3 is 1. The fraction of sp³-hybridized carbons (Fsp3) is 0.111. The molecule has 62 valence electrons. The van der Waals surface area contributed by atoms with Crippen LogP contribution in [0.3, 0.4) is 0 Å². The summed E-state index contributed by atoms with van der Waals surface area (Å²) in [6, 6.07) is 7.09. The second-order valence-corrected chi connectivity index (χ2v) is 2.50. The molecule has 1 aromatic rings. The highest BCUT2D eigenvalue weighted by molar-refractivity contribution is 7.22. The largest absolute Gasteiger partial charge is 0.496 e. The molecule has 2 nitrogen and oxygen atoms in total. The Bertz CT molecular complexity index is 307. The third kappa shape index (κ3) is 1.72. The van der Waals surface area contributed by atoms with E-state index in [9.17, 15) is 4.79 Å². The molecule has 0 unspecified atom stereocenters. The quantitative estimate of drug-likeness (QED) is 0.524. The lowest BCUT2D eigenvalue weighted by atomic mass is 10.1. The van der Waals surface area contributed by atoms with Crippen molar-refractivity contribution in [3.05, 3.63) is 29.8 Å². The summed E-state index contributed by atoms with van der Waals surface area (Å²) in [5, 5.41) is 0. The van der Waals surface area contributed by atoms with E-state index in [0.717, 1.165) is 0 Å². The van der Waals surface area contributed by atoms with Crippen LogP contribution >= 0.6 is 8.86 Å². The number of para-hydroxylation sites is 1. The summed E-state index contributed by atoms with van der Waals surface area (Å²) in [6.45, 7) is 0. The molecule has 12 heavy (non-hydrogen) atoms. The standard InChI is InChI=1S/C9H9O2P/c1-11-9-5-3-2-4-7(9)8(10)6-12/h2-6,12H,1H3. The molecule has 0 saturated carbocycles. The summed E-state index contributed by atoms with van der Waals surface area (Å²) in [6.07, 6.45) is 0. The van der Waals surface area contributed by atoms with Gasteiger partial charge < -0.3 is 4.74 Å². The Morgan fingerprint density at radius 1 is 1.50 bits per heavy atom. The zero-order valence-corrected chi connectivity index (χ0v) is 7.70. The Morgan fingerprint density at radius 2 is 2.17 bits per heavy atom. The molecule has 0 aliphatic carbocycles. The highest BCUT2D eigenvalue weighted by Crippen LogP contribution is 2.16. The molecular weight excluding hydrogens is 171 g/mol. The van der Waals surface area contributed by atoms with Crippen molar-refractivity contribution in [1.82, 2.24) is 0 Å². The minimum absolute atomic E-state index is 0.0934. The molecular formula is C9H9O2P. The summed E-state index contributed by atoms with van der Waals surface area (Å²) in [5.74, 6) is 1.83. The van der Waals surface area contributed by atoms with Crippen LogP contribution in [-0.2, 0) is 0 Å². The fourth-order valence-corrected chi connectivity index (χ4v) is 1.08. The number of Topliss-reactive ketones (excluding diaryl/α,β-unsaturated/α-hetero) is 1. The van der Waals surface area contributed by atoms with Crippen LogP contribution < -0.4 is 4.74 Å². The number of hydrogen-bond donors (Lipinski definition) is 0. The number of carbonyl (C=O) groups excluding carboxylic acids is 1. The van der Waals surface area contributed by atoms with Crippen molar-refractivity contribution >= 4 is 20.4 Å². The van der Waals surface area contributed by atoms with Gasteiger partial charge in [-0.1, -0.05) is 12.1 Å². The fourth-order valence-electron chi connectivity index (χ4n) is 0.926. The van der Waals surface area contributed by atoms with Crippen molar-refractivity contribution in [2.24, 2.45) is 0 Å². The molecule has 0 N–H and O–H groups in total. The molecule has 1 aromatic carbocycles. The van der Waals surface area contributed by atoms with Crippen molar-refractivity contribution < 1.29 is 9.53 Å². The van der Waals surface area contributed by atoms with Gasteiger partial charge >= 0.3 is 0 Å². The van der Waals surface area contributed by atoms with Gasteiger partial charge in [-0.2, -0.15) is 0 Å². The molecule has 0 aromatic heterocycles. The topological polar surface area (TPSA) is 26.3 Å². The van der Waals surface area contributed by atoms with Crippen molar-refractivity contribution in [3.63, 3.8) is 0 Å². The normalized spacial score (nSPS) is 9.08. The van der Waals surface area contributed by atoms with E-state index in [1.807, 2.05) is 6.07 Å². The average Bonchev–Trinajstić information content (AvgIpc) is 2.16. The summed E-state index contributed by atoms with van der Waals surface area (Å²) >= 11 is 0. The first-order valence-corrected chi connectivity index (χ1v) is 4.05. The predicted octanol–water partition coefficient (Wildman–Crippen LogP) is 1.82. The van der Waals surface area contributed by atoms with Crippen molar-refractivity contribution in [2.45, 2.75) is 0 Å². The van der Waals surface area contributed by atoms with Crippen LogP contribution in [0.2, 0.25) is 0 Å². The maximum atomic E-state index is 11.2. The van der Waals surface area contributed by atoms with Gasteiger partial charge in [0, 0.05) is 5.80 Å². The van der Waals surface area contributed by atoms with Gasteiger partial charge in [-0.25, -0.2) is 0 Å². The SMILES string of the molecule is COc1ccccc1C(=O)C=P. The average molecular weight is 180 g/mol. The molecule has 1 rings (SSSR count). The zero-order valence-electron chi connectivity index (χ0n) is 6.70. The summed E-state index contributed by atoms with van der Waals surface area (Å²) in [5.41, 5.74) is 0.565. The van der Waals surface area contributed by atoms with Crippen LogP contribution in [0.15, 0.2) is 24.3 Å². The molecule has 0 atom stereocenters. The number of hydrogen-bond acceptors (Lipinski definition) is 2. The Balaban J connectivity index is 3.13. The van der Waals surface area contributed by atoms with Crippen LogP contribution in [0, 0.1) is 0 Å². The van der Waals surface area contributed by atoms with Gasteiger partial charge in [-0.15, -0.1) is 8.86 Å². The van der Waals surface area contributed by atoms with E-state index in [0.29, 0.717) is 11.3 Å². The van der Waals surface area contributed by atoms with Crippen LogP contribution in [0.5, 0.6) is 5.75 Å². The molecule has 0 saturated heterocycles. The van der Waals surface area contributed by atoms with Gasteiger partial charge in [-0.05, 0) is 12.1 Å². The lowest BCUT2D eigenvalue weighted by molar-refractivity contribution is 0.107. The van der Waals surface area contributed by atoms with E-state index in [1.54, 1.807) is 25.3 Å². The smallest absolute Gasteiger partial charge is 0.193 e. The van der Waals surface area contributed by atoms with Gasteiger partial charge in [0.25, 0.3) is 0 Å². The molecule has 0 aliphatic heterocycles. The van der Waals surface area contributed by atoms with Crippen LogP contribution in [0.1, 0.15) is 10.4 Å². The maximum Gasteiger partial charge on any atom is 0.193 e. The first-order chi connectivity index (χ1) is 5.79. The lowest BCUT2D eigenvalue weighted by Crippen LogP contribution is -2.00. The third-order valence-electron chi connectivity index (χ3n) is 1.50. The van der Waals surface area contributed by atoms with Crippen molar-refractivity contribution in [2.75, 3.05) is 7.11 Å². The number of ketones is 1. The first kappa shape index (κ1) is 8.95. The van der Waals surface area contributed by atoms with E-state index in [1.165, 1.54) is 5.80 Å². The van der Waals surface area contributed by atoms with Gasteiger partial charge in [-0.3, -0.25) is 4.79 Å². The number of rotatable bonds is 3. The molecule has 0 aliphatic rings. The molecule has 0 amide bonds. The van der Waals surface area contributed by atoms with E-state index in [4.69, 9.17) is 4.74 Å². The van der Waals surface area contributed by atoms with Crippen molar-refractivity contribution in [1.29, 1.82) is 0 Å². The van der Waals surface area contributed by atoms with E-state index >= 15 is 0 Å². The number of benzene rings is 1. The first-order valence-electron chi connectivity index (χ1n) is 3.47. The zero-order chi connectivity index (χ0) is 8.97. The highest BCUT2D eigenvalue weighted by Gasteiger charge is 2.06. The van der Waals surface area contributed by atoms with Crippen LogP contribution in [-0.4, -0.2) is 18.7 Å². The monoisotopic (exact) mass is 180 g/mol. The van der Waals surface area contributed by atoms with Crippen LogP contribution in [0.4, 0.5) is 0 Å². The number of ether oxygens (including phenoxy) is 1. The minimum Gasteiger partial charge on any atom is -0.496 e. The van der Waals surface area contributed by atoms with Crippen molar-refractivity contribution in [3.8, 4) is 5.75 Å². The molecule has 3 heteroatoms. The summed E-state index contributed by atoms with van der Waals surface area (Å²) < 4.78 is 5.01. The third-order valence-corrected chi connectivity index (χ3v) is 1.77. The van der Waals surface area contributed by atoms with E-state index in [2.05, 4.69) is 8.86 Å².